The summed E-state index contributed by atoms with van der Waals surface area (Å²) in [5.74, 6) is 0.322. The van der Waals surface area contributed by atoms with Crippen LogP contribution in [0.4, 0.5) is 5.69 Å². The Balaban J connectivity index is 1.28. The normalized spacial score (nSPS) is 12.1. The second kappa shape index (κ2) is 8.08. The lowest BCUT2D eigenvalue weighted by atomic mass is 10.1. The van der Waals surface area contributed by atoms with E-state index in [0.717, 1.165) is 4.88 Å². The Bertz CT molecular complexity index is 1340. The molecular formula is C22H15N5O4S. The van der Waals surface area contributed by atoms with E-state index >= 15 is 0 Å². The zero-order valence-electron chi connectivity index (χ0n) is 16.4. The minimum absolute atomic E-state index is 0.279. The Morgan fingerprint density at radius 2 is 1.88 bits per heavy atom. The number of ether oxygens (including phenoxy) is 1. The van der Waals surface area contributed by atoms with Gasteiger partial charge in [0.2, 0.25) is 0 Å². The van der Waals surface area contributed by atoms with Gasteiger partial charge in [-0.1, -0.05) is 12.1 Å². The number of thiazole rings is 1. The third-order valence-electron chi connectivity index (χ3n) is 4.70. The summed E-state index contributed by atoms with van der Waals surface area (Å²) in [6, 6.07) is 11.5. The number of anilines is 1. The Morgan fingerprint density at radius 1 is 1.06 bits per heavy atom. The predicted molar refractivity (Wildman–Crippen MR) is 117 cm³/mol. The van der Waals surface area contributed by atoms with Gasteiger partial charge in [-0.2, -0.15) is 0 Å². The molecule has 4 aromatic rings. The van der Waals surface area contributed by atoms with E-state index in [9.17, 15) is 14.7 Å². The van der Waals surface area contributed by atoms with Gasteiger partial charge >= 0.3 is 6.01 Å². The van der Waals surface area contributed by atoms with Crippen molar-refractivity contribution in [3.8, 4) is 28.1 Å². The molecule has 3 heterocycles. The van der Waals surface area contributed by atoms with E-state index in [-0.39, 0.29) is 24.4 Å². The molecule has 10 heteroatoms. The van der Waals surface area contributed by atoms with Crippen molar-refractivity contribution in [3.63, 3.8) is 0 Å². The number of fused-ring (bicyclic) bond motifs is 2. The number of amides is 2. The fourth-order valence-electron chi connectivity index (χ4n) is 3.13. The van der Waals surface area contributed by atoms with Crippen molar-refractivity contribution in [3.05, 3.63) is 77.1 Å². The van der Waals surface area contributed by atoms with Gasteiger partial charge in [-0.05, 0) is 30.3 Å². The molecule has 3 N–H and O–H groups in total. The highest BCUT2D eigenvalue weighted by molar-refractivity contribution is 7.15. The second-order valence-corrected chi connectivity index (χ2v) is 7.96. The molecule has 0 fully saturated rings. The summed E-state index contributed by atoms with van der Waals surface area (Å²) in [5, 5.41) is 15.5. The largest absolute Gasteiger partial charge is 0.479 e. The van der Waals surface area contributed by atoms with Crippen LogP contribution in [0, 0.1) is 0 Å². The summed E-state index contributed by atoms with van der Waals surface area (Å²) in [4.78, 5) is 37.8. The number of carbonyl (C=O) groups excluding carboxylic acids is 2. The molecule has 1 aliphatic heterocycles. The molecule has 32 heavy (non-hydrogen) atoms. The number of carbonyl (C=O) groups is 2. The SMILES string of the molecule is O=C(NCc1cnc(-c2cnc(O)nc2)s1)c1ccc2c(c1)NC(=O)c1ccccc1O2. The monoisotopic (exact) mass is 445 g/mol. The van der Waals surface area contributed by atoms with Crippen molar-refractivity contribution in [2.45, 2.75) is 6.54 Å². The Labute approximate surface area is 185 Å². The van der Waals surface area contributed by atoms with E-state index in [2.05, 4.69) is 25.6 Å². The highest BCUT2D eigenvalue weighted by Gasteiger charge is 2.21. The molecule has 2 aromatic carbocycles. The maximum atomic E-state index is 12.7. The minimum Gasteiger partial charge on any atom is -0.479 e. The summed E-state index contributed by atoms with van der Waals surface area (Å²) in [6.07, 6.45) is 4.62. The third-order valence-corrected chi connectivity index (χ3v) is 5.75. The molecule has 5 rings (SSSR count). The highest BCUT2D eigenvalue weighted by atomic mass is 32.1. The number of para-hydroxylation sites is 1. The topological polar surface area (TPSA) is 126 Å². The molecular weight excluding hydrogens is 430 g/mol. The van der Waals surface area contributed by atoms with Crippen molar-refractivity contribution in [2.24, 2.45) is 0 Å². The van der Waals surface area contributed by atoms with Crippen LogP contribution in [0.2, 0.25) is 0 Å². The van der Waals surface area contributed by atoms with Gasteiger partial charge in [-0.3, -0.25) is 9.59 Å². The number of nitrogens with one attached hydrogen (secondary N) is 2. The molecule has 0 saturated heterocycles. The molecule has 0 aliphatic carbocycles. The fraction of sp³-hybridized carbons (Fsp3) is 0.0455. The number of hydrogen-bond donors (Lipinski definition) is 3. The van der Waals surface area contributed by atoms with Gasteiger partial charge in [0, 0.05) is 34.6 Å². The van der Waals surface area contributed by atoms with Crippen molar-refractivity contribution >= 4 is 28.8 Å². The minimum atomic E-state index is -0.302. The number of benzene rings is 2. The summed E-state index contributed by atoms with van der Waals surface area (Å²) in [7, 11) is 0. The van der Waals surface area contributed by atoms with Crippen LogP contribution in [-0.2, 0) is 6.54 Å². The van der Waals surface area contributed by atoms with Crippen LogP contribution in [0.3, 0.4) is 0 Å². The molecule has 0 spiro atoms. The number of hydrogen-bond acceptors (Lipinski definition) is 8. The van der Waals surface area contributed by atoms with E-state index in [0.29, 0.717) is 38.9 Å². The van der Waals surface area contributed by atoms with Gasteiger partial charge in [-0.25, -0.2) is 15.0 Å². The van der Waals surface area contributed by atoms with E-state index in [1.165, 1.54) is 23.7 Å². The Kier molecular flexibility index (Phi) is 4.96. The first-order valence-corrected chi connectivity index (χ1v) is 10.3. The van der Waals surface area contributed by atoms with Gasteiger partial charge in [-0.15, -0.1) is 11.3 Å². The second-order valence-electron chi connectivity index (χ2n) is 6.85. The van der Waals surface area contributed by atoms with Crippen LogP contribution in [0.5, 0.6) is 17.5 Å². The van der Waals surface area contributed by atoms with Crippen LogP contribution in [0.15, 0.2) is 61.1 Å². The smallest absolute Gasteiger partial charge is 0.313 e. The standard InChI is InChI=1S/C22H15N5O4S/c28-19(23-10-14-11-24-21(32-14)13-8-25-22(30)26-9-13)12-5-6-18-16(7-12)27-20(29)15-3-1-2-4-17(15)31-18/h1-9,11H,10H2,(H,23,28)(H,27,29)(H,25,26,30). The molecule has 2 amide bonds. The van der Waals surface area contributed by atoms with Crippen molar-refractivity contribution < 1.29 is 19.4 Å². The lowest BCUT2D eigenvalue weighted by Crippen LogP contribution is -2.22. The lowest BCUT2D eigenvalue weighted by molar-refractivity contribution is 0.0950. The summed E-state index contributed by atoms with van der Waals surface area (Å²) < 4.78 is 5.84. The molecule has 1 aliphatic rings. The number of rotatable bonds is 4. The van der Waals surface area contributed by atoms with Gasteiger partial charge < -0.3 is 20.5 Å². The quantitative estimate of drug-likeness (QED) is 0.438. The van der Waals surface area contributed by atoms with Crippen LogP contribution in [0.25, 0.3) is 10.6 Å². The van der Waals surface area contributed by atoms with E-state index in [1.807, 2.05) is 0 Å². The molecule has 0 bridgehead atoms. The summed E-state index contributed by atoms with van der Waals surface area (Å²) >= 11 is 1.38. The fourth-order valence-corrected chi connectivity index (χ4v) is 3.96. The van der Waals surface area contributed by atoms with Crippen LogP contribution < -0.4 is 15.4 Å². The predicted octanol–water partition coefficient (Wildman–Crippen LogP) is 3.59. The van der Waals surface area contributed by atoms with Crippen LogP contribution >= 0.6 is 11.3 Å². The maximum absolute atomic E-state index is 12.7. The van der Waals surface area contributed by atoms with Crippen molar-refractivity contribution in [1.82, 2.24) is 20.3 Å². The summed E-state index contributed by atoms with van der Waals surface area (Å²) in [5.41, 5.74) is 1.91. The maximum Gasteiger partial charge on any atom is 0.313 e. The molecule has 0 unspecified atom stereocenters. The molecule has 0 radical (unpaired) electrons. The molecule has 0 atom stereocenters. The lowest BCUT2D eigenvalue weighted by Gasteiger charge is -2.10. The number of aromatic hydroxyl groups is 1. The van der Waals surface area contributed by atoms with Crippen molar-refractivity contribution in [2.75, 3.05) is 5.32 Å². The molecule has 2 aromatic heterocycles. The molecule has 9 nitrogen and oxygen atoms in total. The first-order valence-electron chi connectivity index (χ1n) is 9.53. The number of aromatic nitrogens is 3. The van der Waals surface area contributed by atoms with Crippen LogP contribution in [0.1, 0.15) is 25.6 Å². The van der Waals surface area contributed by atoms with Crippen LogP contribution in [-0.4, -0.2) is 31.9 Å². The summed E-state index contributed by atoms with van der Waals surface area (Å²) in [6.45, 7) is 0.279. The Morgan fingerprint density at radius 3 is 2.72 bits per heavy atom. The van der Waals surface area contributed by atoms with Gasteiger partial charge in [0.25, 0.3) is 11.8 Å². The zero-order chi connectivity index (χ0) is 22.1. The van der Waals surface area contributed by atoms with Crippen molar-refractivity contribution in [1.29, 1.82) is 0 Å². The first kappa shape index (κ1) is 19.6. The van der Waals surface area contributed by atoms with Gasteiger partial charge in [0.15, 0.2) is 5.75 Å². The van der Waals surface area contributed by atoms with Gasteiger partial charge in [0.05, 0.1) is 17.8 Å². The molecule has 0 saturated carbocycles. The average Bonchev–Trinajstić information content (AvgIpc) is 3.23. The number of nitrogens with zero attached hydrogens (tertiary/aromatic N) is 3. The molecule has 158 valence electrons. The first-order chi connectivity index (χ1) is 15.6. The van der Waals surface area contributed by atoms with E-state index in [4.69, 9.17) is 4.74 Å². The zero-order valence-corrected chi connectivity index (χ0v) is 17.2. The highest BCUT2D eigenvalue weighted by Crippen LogP contribution is 2.36. The average molecular weight is 445 g/mol. The van der Waals surface area contributed by atoms with E-state index in [1.54, 1.807) is 48.7 Å². The van der Waals surface area contributed by atoms with Gasteiger partial charge in [0.1, 0.15) is 10.8 Å². The van der Waals surface area contributed by atoms with E-state index < -0.39 is 0 Å². The third kappa shape index (κ3) is 3.86. The Hall–Kier alpha value is -4.31.